The third-order valence-electron chi connectivity index (χ3n) is 4.00. The molecular weight excluding hydrogens is 302 g/mol. The fraction of sp³-hybridized carbons (Fsp3) is 0.579. The molecule has 0 aliphatic carbocycles. The number of nitrogens with one attached hydrogen (secondary N) is 3. The highest BCUT2D eigenvalue weighted by molar-refractivity contribution is 5.93. The molecule has 0 spiro atoms. The third-order valence-corrected chi connectivity index (χ3v) is 4.00. The van der Waals surface area contributed by atoms with Crippen LogP contribution in [0.4, 0.5) is 5.69 Å². The molecule has 5 nitrogen and oxygen atoms in total. The van der Waals surface area contributed by atoms with Gasteiger partial charge in [-0.15, -0.1) is 0 Å². The van der Waals surface area contributed by atoms with E-state index in [1.165, 1.54) is 5.56 Å². The van der Waals surface area contributed by atoms with E-state index in [2.05, 4.69) is 29.7 Å². The first-order chi connectivity index (χ1) is 11.2. The van der Waals surface area contributed by atoms with Crippen molar-refractivity contribution >= 4 is 17.5 Å². The van der Waals surface area contributed by atoms with Crippen molar-refractivity contribution in [2.75, 3.05) is 25.5 Å². The Morgan fingerprint density at radius 3 is 2.17 bits per heavy atom. The van der Waals surface area contributed by atoms with Crippen LogP contribution in [0.1, 0.15) is 43.4 Å². The Hall–Kier alpha value is -1.88. The summed E-state index contributed by atoms with van der Waals surface area (Å²) in [5, 5.41) is 5.95. The molecule has 0 saturated heterocycles. The summed E-state index contributed by atoms with van der Waals surface area (Å²) in [6.45, 7) is 10.7. The number of carbonyl (C=O) groups is 2. The lowest BCUT2D eigenvalue weighted by Gasteiger charge is -2.17. The van der Waals surface area contributed by atoms with Crippen LogP contribution in [0.15, 0.2) is 12.1 Å². The molecule has 24 heavy (non-hydrogen) atoms. The molecule has 0 fully saturated rings. The number of carbonyl (C=O) groups excluding carboxylic acids is 2. The molecule has 3 N–H and O–H groups in total. The number of rotatable bonds is 8. The lowest BCUT2D eigenvalue weighted by Crippen LogP contribution is -3.11. The summed E-state index contributed by atoms with van der Waals surface area (Å²) in [5.74, 6) is -0.0825. The predicted molar refractivity (Wildman–Crippen MR) is 98.4 cm³/mol. The van der Waals surface area contributed by atoms with Crippen LogP contribution in [0.3, 0.4) is 0 Å². The average molecular weight is 334 g/mol. The zero-order chi connectivity index (χ0) is 18.3. The van der Waals surface area contributed by atoms with E-state index in [1.807, 2.05) is 34.7 Å². The van der Waals surface area contributed by atoms with Crippen LogP contribution in [0.2, 0.25) is 0 Å². The van der Waals surface area contributed by atoms with E-state index in [0.717, 1.165) is 34.6 Å². The van der Waals surface area contributed by atoms with Gasteiger partial charge < -0.3 is 15.5 Å². The SMILES string of the molecule is CCC[C@H](C)NC(=O)C[NH+](C)CC(=O)Nc1c(C)cc(C)cc1C. The first-order valence-electron chi connectivity index (χ1n) is 8.71. The predicted octanol–water partition coefficient (Wildman–Crippen LogP) is 1.37. The minimum atomic E-state index is -0.0723. The maximum atomic E-state index is 12.3. The molecule has 134 valence electrons. The van der Waals surface area contributed by atoms with E-state index in [9.17, 15) is 9.59 Å². The first kappa shape index (κ1) is 20.2. The van der Waals surface area contributed by atoms with E-state index in [1.54, 1.807) is 0 Å². The van der Waals surface area contributed by atoms with Crippen molar-refractivity contribution in [3.63, 3.8) is 0 Å². The average Bonchev–Trinajstić information content (AvgIpc) is 2.42. The van der Waals surface area contributed by atoms with Crippen molar-refractivity contribution < 1.29 is 14.5 Å². The summed E-state index contributed by atoms with van der Waals surface area (Å²) in [6, 6.07) is 4.30. The molecule has 0 heterocycles. The van der Waals surface area contributed by atoms with E-state index in [4.69, 9.17) is 0 Å². The molecule has 0 aliphatic rings. The first-order valence-corrected chi connectivity index (χ1v) is 8.71. The molecular formula is C19H32N3O2+. The van der Waals surface area contributed by atoms with Gasteiger partial charge in [-0.2, -0.15) is 0 Å². The van der Waals surface area contributed by atoms with Crippen LogP contribution in [0, 0.1) is 20.8 Å². The van der Waals surface area contributed by atoms with E-state index < -0.39 is 0 Å². The fourth-order valence-electron chi connectivity index (χ4n) is 3.00. The minimum absolute atomic E-state index is 0.0102. The number of amides is 2. The molecule has 5 heteroatoms. The largest absolute Gasteiger partial charge is 0.349 e. The molecule has 0 aliphatic heterocycles. The smallest absolute Gasteiger partial charge is 0.279 e. The molecule has 2 amide bonds. The summed E-state index contributed by atoms with van der Waals surface area (Å²) in [6.07, 6.45) is 2.01. The number of quaternary nitrogens is 1. The third kappa shape index (κ3) is 6.71. The van der Waals surface area contributed by atoms with E-state index in [0.29, 0.717) is 6.54 Å². The number of hydrogen-bond donors (Lipinski definition) is 3. The Labute approximate surface area is 145 Å². The van der Waals surface area contributed by atoms with E-state index >= 15 is 0 Å². The normalized spacial score (nSPS) is 13.2. The van der Waals surface area contributed by atoms with Gasteiger partial charge in [-0.1, -0.05) is 31.0 Å². The summed E-state index contributed by atoms with van der Waals surface area (Å²) in [7, 11) is 1.86. The summed E-state index contributed by atoms with van der Waals surface area (Å²) in [4.78, 5) is 25.1. The highest BCUT2D eigenvalue weighted by Gasteiger charge is 2.16. The molecule has 0 aromatic heterocycles. The number of likely N-dealkylation sites (N-methyl/N-ethyl adjacent to an activating group) is 1. The molecule has 1 rings (SSSR count). The van der Waals surface area contributed by atoms with Crippen molar-refractivity contribution in [2.24, 2.45) is 0 Å². The van der Waals surface area contributed by atoms with Gasteiger partial charge in [0.1, 0.15) is 0 Å². The van der Waals surface area contributed by atoms with Gasteiger partial charge in [0.15, 0.2) is 13.1 Å². The standard InChI is InChI=1S/C19H31N3O2/c1-7-8-16(5)20-17(23)11-22(6)12-18(24)21-19-14(3)9-13(2)10-15(19)4/h9-10,16H,7-8,11-12H2,1-6H3,(H,20,23)(H,21,24)/p+1/t16-/m0/s1. The van der Waals surface area contributed by atoms with Crippen LogP contribution in [0.5, 0.6) is 0 Å². The van der Waals surface area contributed by atoms with Gasteiger partial charge in [0, 0.05) is 11.7 Å². The van der Waals surface area contributed by atoms with Crippen LogP contribution in [0.25, 0.3) is 0 Å². The second-order valence-corrected chi connectivity index (χ2v) is 6.89. The Morgan fingerprint density at radius 1 is 1.08 bits per heavy atom. The Morgan fingerprint density at radius 2 is 1.62 bits per heavy atom. The Kier molecular flexibility index (Phi) is 7.92. The lowest BCUT2D eigenvalue weighted by atomic mass is 10.1. The zero-order valence-electron chi connectivity index (χ0n) is 15.9. The topological polar surface area (TPSA) is 62.6 Å². The Balaban J connectivity index is 2.52. The maximum Gasteiger partial charge on any atom is 0.279 e. The molecule has 0 saturated carbocycles. The van der Waals surface area contributed by atoms with Crippen LogP contribution in [-0.2, 0) is 9.59 Å². The number of benzene rings is 1. The van der Waals surface area contributed by atoms with Crippen molar-refractivity contribution in [3.8, 4) is 0 Å². The number of aryl methyl sites for hydroxylation is 3. The molecule has 1 unspecified atom stereocenters. The van der Waals surface area contributed by atoms with Crippen LogP contribution >= 0.6 is 0 Å². The number of anilines is 1. The van der Waals surface area contributed by atoms with Crippen LogP contribution < -0.4 is 15.5 Å². The van der Waals surface area contributed by atoms with Crippen molar-refractivity contribution in [2.45, 2.75) is 53.5 Å². The quantitative estimate of drug-likeness (QED) is 0.672. The Bertz CT molecular complexity index is 561. The summed E-state index contributed by atoms with van der Waals surface area (Å²) >= 11 is 0. The minimum Gasteiger partial charge on any atom is -0.349 e. The maximum absolute atomic E-state index is 12.3. The van der Waals surface area contributed by atoms with Gasteiger partial charge in [-0.25, -0.2) is 0 Å². The van der Waals surface area contributed by atoms with E-state index in [-0.39, 0.29) is 24.4 Å². The van der Waals surface area contributed by atoms with Gasteiger partial charge in [0.25, 0.3) is 11.8 Å². The van der Waals surface area contributed by atoms with Crippen molar-refractivity contribution in [1.29, 1.82) is 0 Å². The highest BCUT2D eigenvalue weighted by Crippen LogP contribution is 2.21. The van der Waals surface area contributed by atoms with Crippen molar-refractivity contribution in [1.82, 2.24) is 5.32 Å². The molecule has 1 aromatic rings. The summed E-state index contributed by atoms with van der Waals surface area (Å²) < 4.78 is 0. The summed E-state index contributed by atoms with van der Waals surface area (Å²) in [5.41, 5.74) is 4.18. The van der Waals surface area contributed by atoms with Gasteiger partial charge in [0.2, 0.25) is 0 Å². The second-order valence-electron chi connectivity index (χ2n) is 6.89. The molecule has 0 bridgehead atoms. The second kappa shape index (κ2) is 9.42. The van der Waals surface area contributed by atoms with Gasteiger partial charge >= 0.3 is 0 Å². The fourth-order valence-corrected chi connectivity index (χ4v) is 3.00. The molecule has 1 aromatic carbocycles. The lowest BCUT2D eigenvalue weighted by molar-refractivity contribution is -0.862. The van der Waals surface area contributed by atoms with Gasteiger partial charge in [-0.3, -0.25) is 9.59 Å². The molecule has 2 atom stereocenters. The van der Waals surface area contributed by atoms with Gasteiger partial charge in [0.05, 0.1) is 7.05 Å². The van der Waals surface area contributed by atoms with Crippen molar-refractivity contribution in [3.05, 3.63) is 28.8 Å². The van der Waals surface area contributed by atoms with Gasteiger partial charge in [-0.05, 0) is 45.2 Å². The monoisotopic (exact) mass is 334 g/mol. The zero-order valence-corrected chi connectivity index (χ0v) is 15.9. The number of hydrogen-bond acceptors (Lipinski definition) is 2. The highest BCUT2D eigenvalue weighted by atomic mass is 16.2. The molecule has 0 radical (unpaired) electrons. The van der Waals surface area contributed by atoms with Crippen LogP contribution in [-0.4, -0.2) is 38.0 Å².